The van der Waals surface area contributed by atoms with E-state index in [-0.39, 0.29) is 18.1 Å². The molecule has 5 aromatic rings. The number of rotatable bonds is 8. The predicted octanol–water partition coefficient (Wildman–Crippen LogP) is 5.71. The molecule has 3 aromatic heterocycles. The number of nitrogens with one attached hydrogen (secondary N) is 2. The van der Waals surface area contributed by atoms with Crippen LogP contribution in [0, 0.1) is 13.8 Å². The summed E-state index contributed by atoms with van der Waals surface area (Å²) in [6, 6.07) is 14.7. The Hall–Kier alpha value is -4.67. The van der Waals surface area contributed by atoms with Gasteiger partial charge in [0.2, 0.25) is 0 Å². The molecule has 0 amide bonds. The second kappa shape index (κ2) is 10.6. The highest BCUT2D eigenvalue weighted by molar-refractivity contribution is 5.94. The minimum atomic E-state index is -4.65. The van der Waals surface area contributed by atoms with Crippen LogP contribution in [0.4, 0.5) is 30.5 Å². The number of halogens is 3. The van der Waals surface area contributed by atoms with Gasteiger partial charge in [-0.15, -0.1) is 10.2 Å². The lowest BCUT2D eigenvalue weighted by Gasteiger charge is -2.17. The first-order valence-corrected chi connectivity index (χ1v) is 12.3. The lowest BCUT2D eigenvalue weighted by atomic mass is 9.96. The maximum absolute atomic E-state index is 13.7. The molecule has 0 radical (unpaired) electrons. The second-order valence-electron chi connectivity index (χ2n) is 9.31. The number of nitrogens with two attached hydrogens (primary N) is 1. The highest BCUT2D eigenvalue weighted by atomic mass is 19.4. The van der Waals surface area contributed by atoms with E-state index in [9.17, 15) is 13.2 Å². The molecular formula is C28H27F3N8. The number of anilines is 3. The van der Waals surface area contributed by atoms with Crippen LogP contribution >= 0.6 is 0 Å². The van der Waals surface area contributed by atoms with E-state index in [0.29, 0.717) is 18.9 Å². The number of alkyl halides is 3. The van der Waals surface area contributed by atoms with E-state index in [2.05, 4.69) is 30.9 Å². The van der Waals surface area contributed by atoms with Crippen LogP contribution < -0.4 is 16.4 Å². The molecule has 0 fully saturated rings. The Kier molecular flexibility index (Phi) is 7.05. The summed E-state index contributed by atoms with van der Waals surface area (Å²) >= 11 is 0. The second-order valence-corrected chi connectivity index (χ2v) is 9.31. The van der Waals surface area contributed by atoms with Gasteiger partial charge in [0.15, 0.2) is 11.5 Å². The van der Waals surface area contributed by atoms with Gasteiger partial charge in [-0.25, -0.2) is 4.98 Å². The minimum Gasteiger partial charge on any atom is -0.383 e. The molecule has 0 bridgehead atoms. The monoisotopic (exact) mass is 532 g/mol. The summed E-state index contributed by atoms with van der Waals surface area (Å²) in [6.45, 7) is 5.10. The molecular weight excluding hydrogens is 505 g/mol. The summed E-state index contributed by atoms with van der Waals surface area (Å²) in [5, 5.41) is 19.3. The number of hydrogen-bond acceptors (Lipinski definition) is 7. The van der Waals surface area contributed by atoms with Gasteiger partial charge in [-0.1, -0.05) is 24.3 Å². The van der Waals surface area contributed by atoms with Crippen molar-refractivity contribution >= 4 is 28.1 Å². The molecule has 0 aliphatic rings. The lowest BCUT2D eigenvalue weighted by Crippen LogP contribution is -2.16. The maximum atomic E-state index is 13.7. The average Bonchev–Trinajstić information content (AvgIpc) is 3.41. The number of nitrogens with zero attached hydrogens (tertiary/aromatic N) is 5. The van der Waals surface area contributed by atoms with Crippen LogP contribution in [0.25, 0.3) is 10.8 Å². The average molecular weight is 533 g/mol. The van der Waals surface area contributed by atoms with Gasteiger partial charge in [-0.2, -0.15) is 18.3 Å². The van der Waals surface area contributed by atoms with Crippen LogP contribution in [0.15, 0.2) is 67.1 Å². The number of nitrogen functional groups attached to an aromatic ring is 1. The van der Waals surface area contributed by atoms with Crippen LogP contribution in [0.2, 0.25) is 0 Å². The van der Waals surface area contributed by atoms with E-state index in [1.165, 1.54) is 6.07 Å². The van der Waals surface area contributed by atoms with Crippen molar-refractivity contribution in [2.45, 2.75) is 39.7 Å². The van der Waals surface area contributed by atoms with Gasteiger partial charge in [0.1, 0.15) is 5.82 Å². The van der Waals surface area contributed by atoms with E-state index < -0.39 is 11.9 Å². The van der Waals surface area contributed by atoms with Crippen LogP contribution in [-0.2, 0) is 25.8 Å². The Balaban J connectivity index is 1.33. The van der Waals surface area contributed by atoms with Crippen molar-refractivity contribution in [3.05, 3.63) is 101 Å². The number of aromatic nitrogens is 5. The Bertz CT molecular complexity index is 1600. The predicted molar refractivity (Wildman–Crippen MR) is 145 cm³/mol. The number of hydrogen-bond donors (Lipinski definition) is 3. The summed E-state index contributed by atoms with van der Waals surface area (Å²) in [7, 11) is 0. The van der Waals surface area contributed by atoms with Crippen molar-refractivity contribution in [1.29, 1.82) is 0 Å². The molecule has 200 valence electrons. The van der Waals surface area contributed by atoms with Crippen molar-refractivity contribution in [3.63, 3.8) is 0 Å². The Morgan fingerprint density at radius 1 is 0.897 bits per heavy atom. The molecule has 0 saturated carbocycles. The largest absolute Gasteiger partial charge is 0.437 e. The molecule has 0 unspecified atom stereocenters. The zero-order chi connectivity index (χ0) is 27.6. The fourth-order valence-corrected chi connectivity index (χ4v) is 4.54. The summed E-state index contributed by atoms with van der Waals surface area (Å²) in [5.74, 6) is 0.684. The molecule has 11 heteroatoms. The summed E-state index contributed by atoms with van der Waals surface area (Å²) < 4.78 is 42.9. The molecule has 8 nitrogen and oxygen atoms in total. The van der Waals surface area contributed by atoms with Gasteiger partial charge < -0.3 is 16.4 Å². The molecule has 3 heterocycles. The quantitative estimate of drug-likeness (QED) is 0.235. The first-order chi connectivity index (χ1) is 18.7. The van der Waals surface area contributed by atoms with Gasteiger partial charge in [0.25, 0.3) is 0 Å². The highest BCUT2D eigenvalue weighted by Crippen LogP contribution is 2.34. The zero-order valence-electron chi connectivity index (χ0n) is 21.4. The first-order valence-electron chi connectivity index (χ1n) is 12.3. The third kappa shape index (κ3) is 5.77. The molecule has 4 N–H and O–H groups in total. The van der Waals surface area contributed by atoms with Crippen LogP contribution in [0.5, 0.6) is 0 Å². The van der Waals surface area contributed by atoms with Crippen LogP contribution in [0.1, 0.15) is 33.5 Å². The maximum Gasteiger partial charge on any atom is 0.437 e. The molecule has 0 saturated heterocycles. The topological polar surface area (TPSA) is 107 Å². The van der Waals surface area contributed by atoms with Crippen molar-refractivity contribution < 1.29 is 13.2 Å². The van der Waals surface area contributed by atoms with Gasteiger partial charge in [0, 0.05) is 43.1 Å². The molecule has 2 aromatic carbocycles. The van der Waals surface area contributed by atoms with Crippen molar-refractivity contribution in [2.75, 3.05) is 16.4 Å². The highest BCUT2D eigenvalue weighted by Gasteiger charge is 2.36. The molecule has 0 atom stereocenters. The standard InChI is InChI=1S/C28H27F3N8/c1-17-12-22-21(8-10-33-27(22)32)18(2)23(17)15-35-25-13-24(26(38-37-25)28(29,30)31)34-14-19-4-6-20(7-5-19)16-39-11-3-9-36-39/h3-13H,14-16H2,1-2H3,(H2,32,33)(H2,34,35,37). The third-order valence-electron chi connectivity index (χ3n) is 6.63. The number of benzene rings is 2. The fourth-order valence-electron chi connectivity index (χ4n) is 4.54. The summed E-state index contributed by atoms with van der Waals surface area (Å²) in [5.41, 5.74) is 9.69. The first kappa shape index (κ1) is 26.0. The lowest BCUT2D eigenvalue weighted by molar-refractivity contribution is -0.141. The van der Waals surface area contributed by atoms with Crippen molar-refractivity contribution in [1.82, 2.24) is 25.0 Å². The molecule has 0 spiro atoms. The Labute approximate surface area is 223 Å². The smallest absolute Gasteiger partial charge is 0.383 e. The van der Waals surface area contributed by atoms with Crippen molar-refractivity contribution in [3.8, 4) is 0 Å². The SMILES string of the molecule is Cc1cc2c(N)nccc2c(C)c1CNc1cc(NCc2ccc(Cn3cccn3)cc2)c(C(F)(F)F)nn1. The van der Waals surface area contributed by atoms with E-state index in [1.807, 2.05) is 62.5 Å². The number of pyridine rings is 1. The Morgan fingerprint density at radius 2 is 1.67 bits per heavy atom. The summed E-state index contributed by atoms with van der Waals surface area (Å²) in [6.07, 6.45) is 0.581. The third-order valence-corrected chi connectivity index (χ3v) is 6.63. The van der Waals surface area contributed by atoms with Gasteiger partial charge in [-0.3, -0.25) is 4.68 Å². The van der Waals surface area contributed by atoms with Gasteiger partial charge in [-0.05, 0) is 65.3 Å². The summed E-state index contributed by atoms with van der Waals surface area (Å²) in [4.78, 5) is 4.15. The minimum absolute atomic E-state index is 0.147. The molecule has 39 heavy (non-hydrogen) atoms. The van der Waals surface area contributed by atoms with E-state index in [0.717, 1.165) is 38.6 Å². The van der Waals surface area contributed by atoms with Crippen LogP contribution in [0.3, 0.4) is 0 Å². The molecule has 0 aliphatic carbocycles. The number of aryl methyl sites for hydroxylation is 2. The van der Waals surface area contributed by atoms with Gasteiger partial charge in [0.05, 0.1) is 12.2 Å². The molecule has 0 aliphatic heterocycles. The van der Waals surface area contributed by atoms with Crippen LogP contribution in [-0.4, -0.2) is 25.0 Å². The number of fused-ring (bicyclic) bond motifs is 1. The van der Waals surface area contributed by atoms with E-state index in [4.69, 9.17) is 5.73 Å². The Morgan fingerprint density at radius 3 is 2.38 bits per heavy atom. The zero-order valence-corrected chi connectivity index (χ0v) is 21.4. The molecule has 5 rings (SSSR count). The normalized spacial score (nSPS) is 11.6. The van der Waals surface area contributed by atoms with E-state index >= 15 is 0 Å². The fraction of sp³-hybridized carbons (Fsp3) is 0.214. The van der Waals surface area contributed by atoms with Crippen molar-refractivity contribution in [2.24, 2.45) is 0 Å². The van der Waals surface area contributed by atoms with E-state index in [1.54, 1.807) is 17.1 Å². The van der Waals surface area contributed by atoms with Gasteiger partial charge >= 0.3 is 6.18 Å².